The molecule has 12 nitrogen and oxygen atoms in total. The topological polar surface area (TPSA) is 184 Å². The molecule has 2 atom stereocenters. The van der Waals surface area contributed by atoms with Gasteiger partial charge in [-0.15, -0.1) is 0 Å². The SMILES string of the molecule is O=CO[C@H](CCCCNC(=O)c1ccc(F)nc1)NC(=O)N[C@@H](CCC(=O)O)C(=O)O. The molecule has 1 aromatic rings. The number of carbonyl (C=O) groups is 5. The Morgan fingerprint density at radius 3 is 2.45 bits per heavy atom. The Morgan fingerprint density at radius 2 is 1.87 bits per heavy atom. The monoisotopic (exact) mass is 442 g/mol. The Morgan fingerprint density at radius 1 is 1.13 bits per heavy atom. The lowest BCUT2D eigenvalue weighted by Gasteiger charge is -2.19. The van der Waals surface area contributed by atoms with E-state index < -0.39 is 48.5 Å². The number of halogens is 1. The van der Waals surface area contributed by atoms with E-state index in [2.05, 4.69) is 20.9 Å². The molecule has 0 saturated heterocycles. The summed E-state index contributed by atoms with van der Waals surface area (Å²) >= 11 is 0. The van der Waals surface area contributed by atoms with Crippen LogP contribution in [-0.2, 0) is 19.1 Å². The van der Waals surface area contributed by atoms with Crippen LogP contribution < -0.4 is 16.0 Å². The molecule has 0 bridgehead atoms. The van der Waals surface area contributed by atoms with Crippen molar-refractivity contribution in [1.29, 1.82) is 0 Å². The molecule has 0 fully saturated rings. The molecule has 0 unspecified atom stereocenters. The van der Waals surface area contributed by atoms with Crippen LogP contribution in [0.2, 0.25) is 0 Å². The van der Waals surface area contributed by atoms with E-state index in [1.165, 1.54) is 6.07 Å². The number of rotatable bonds is 14. The number of amides is 3. The summed E-state index contributed by atoms with van der Waals surface area (Å²) in [5.74, 6) is -3.76. The summed E-state index contributed by atoms with van der Waals surface area (Å²) in [4.78, 5) is 59.4. The van der Waals surface area contributed by atoms with Crippen molar-refractivity contribution in [3.05, 3.63) is 29.8 Å². The van der Waals surface area contributed by atoms with Crippen molar-refractivity contribution in [2.75, 3.05) is 6.54 Å². The quantitative estimate of drug-likeness (QED) is 0.116. The van der Waals surface area contributed by atoms with Gasteiger partial charge in [0, 0.05) is 25.6 Å². The Hall–Kier alpha value is -3.77. The van der Waals surface area contributed by atoms with Crippen molar-refractivity contribution >= 4 is 30.3 Å². The number of carboxylic acids is 2. The Kier molecular flexibility index (Phi) is 11.0. The van der Waals surface area contributed by atoms with Gasteiger partial charge in [-0.05, 0) is 31.4 Å². The number of nitrogens with one attached hydrogen (secondary N) is 3. The van der Waals surface area contributed by atoms with Crippen molar-refractivity contribution in [2.45, 2.75) is 44.4 Å². The first kappa shape index (κ1) is 25.3. The molecule has 0 aliphatic heterocycles. The summed E-state index contributed by atoms with van der Waals surface area (Å²) in [5.41, 5.74) is 0.192. The number of hydrogen-bond donors (Lipinski definition) is 5. The third-order valence-corrected chi connectivity index (χ3v) is 3.93. The number of urea groups is 1. The second-order valence-corrected chi connectivity index (χ2v) is 6.28. The van der Waals surface area contributed by atoms with E-state index >= 15 is 0 Å². The number of aliphatic carboxylic acids is 2. The van der Waals surface area contributed by atoms with Crippen molar-refractivity contribution in [3.63, 3.8) is 0 Å². The number of carbonyl (C=O) groups excluding carboxylic acids is 3. The van der Waals surface area contributed by atoms with Crippen LogP contribution in [0, 0.1) is 5.95 Å². The molecule has 170 valence electrons. The third-order valence-electron chi connectivity index (χ3n) is 3.93. The molecule has 1 rings (SSSR count). The van der Waals surface area contributed by atoms with E-state index in [1.807, 2.05) is 0 Å². The van der Waals surface area contributed by atoms with Gasteiger partial charge in [0.15, 0.2) is 6.23 Å². The molecular formula is C18H23FN4O8. The predicted molar refractivity (Wildman–Crippen MR) is 101 cm³/mol. The molecule has 1 aromatic heterocycles. The molecule has 31 heavy (non-hydrogen) atoms. The van der Waals surface area contributed by atoms with Crippen molar-refractivity contribution in [1.82, 2.24) is 20.9 Å². The summed E-state index contributed by atoms with van der Waals surface area (Å²) in [7, 11) is 0. The zero-order valence-electron chi connectivity index (χ0n) is 16.4. The minimum absolute atomic E-state index is 0.118. The second-order valence-electron chi connectivity index (χ2n) is 6.28. The molecular weight excluding hydrogens is 419 g/mol. The maximum atomic E-state index is 12.7. The average molecular weight is 442 g/mol. The summed E-state index contributed by atoms with van der Waals surface area (Å²) in [5, 5.41) is 24.6. The zero-order valence-corrected chi connectivity index (χ0v) is 16.4. The van der Waals surface area contributed by atoms with Crippen molar-refractivity contribution < 1.29 is 43.3 Å². The smallest absolute Gasteiger partial charge is 0.326 e. The van der Waals surface area contributed by atoms with Crippen LogP contribution in [0.25, 0.3) is 0 Å². The van der Waals surface area contributed by atoms with Gasteiger partial charge in [-0.25, -0.2) is 14.6 Å². The van der Waals surface area contributed by atoms with E-state index in [9.17, 15) is 28.4 Å². The number of ether oxygens (including phenoxy) is 1. The van der Waals surface area contributed by atoms with Crippen LogP contribution in [-0.4, -0.2) is 64.4 Å². The van der Waals surface area contributed by atoms with Crippen LogP contribution in [0.5, 0.6) is 0 Å². The highest BCUT2D eigenvalue weighted by Gasteiger charge is 2.22. The molecule has 0 aliphatic carbocycles. The van der Waals surface area contributed by atoms with Gasteiger partial charge in [-0.3, -0.25) is 14.4 Å². The number of nitrogens with zero attached hydrogens (tertiary/aromatic N) is 1. The Bertz CT molecular complexity index is 774. The van der Waals surface area contributed by atoms with Gasteiger partial charge in [0.1, 0.15) is 6.04 Å². The van der Waals surface area contributed by atoms with Gasteiger partial charge in [-0.2, -0.15) is 4.39 Å². The standard InChI is InChI=1S/C18H23FN4O8/c19-13-6-4-11(9-21-13)16(27)20-8-2-1-3-14(31-10-24)23-18(30)22-12(17(28)29)5-7-15(25)26/h4,6,9-10,12,14H,1-3,5,7-8H2,(H,20,27)(H,25,26)(H,28,29)(H2,22,23,30)/t12-,14+/m0/s1. The van der Waals surface area contributed by atoms with Gasteiger partial charge in [0.05, 0.1) is 5.56 Å². The van der Waals surface area contributed by atoms with E-state index in [0.717, 1.165) is 12.3 Å². The first-order valence-electron chi connectivity index (χ1n) is 9.23. The maximum absolute atomic E-state index is 12.7. The van der Waals surface area contributed by atoms with Gasteiger partial charge >= 0.3 is 18.0 Å². The van der Waals surface area contributed by atoms with Crippen LogP contribution in [0.15, 0.2) is 18.3 Å². The van der Waals surface area contributed by atoms with Gasteiger partial charge in [-0.1, -0.05) is 0 Å². The van der Waals surface area contributed by atoms with E-state index in [0.29, 0.717) is 12.8 Å². The molecule has 3 amide bonds. The lowest BCUT2D eigenvalue weighted by Crippen LogP contribution is -2.49. The zero-order chi connectivity index (χ0) is 23.2. The fourth-order valence-corrected chi connectivity index (χ4v) is 2.38. The highest BCUT2D eigenvalue weighted by Crippen LogP contribution is 2.04. The minimum Gasteiger partial charge on any atom is -0.481 e. The Balaban J connectivity index is 2.38. The van der Waals surface area contributed by atoms with Crippen LogP contribution in [0.1, 0.15) is 42.5 Å². The Labute approximate surface area is 176 Å². The van der Waals surface area contributed by atoms with Crippen LogP contribution in [0.3, 0.4) is 0 Å². The number of aromatic nitrogens is 1. The summed E-state index contributed by atoms with van der Waals surface area (Å²) in [6, 6.07) is -0.0237. The second kappa shape index (κ2) is 13.5. The van der Waals surface area contributed by atoms with Crippen LogP contribution in [0.4, 0.5) is 9.18 Å². The lowest BCUT2D eigenvalue weighted by molar-refractivity contribution is -0.141. The van der Waals surface area contributed by atoms with E-state index in [4.69, 9.17) is 14.9 Å². The van der Waals surface area contributed by atoms with Gasteiger partial charge < -0.3 is 30.9 Å². The summed E-state index contributed by atoms with van der Waals surface area (Å²) in [6.45, 7) is 0.375. The molecule has 13 heteroatoms. The molecule has 0 spiro atoms. The lowest BCUT2D eigenvalue weighted by atomic mass is 10.1. The molecule has 0 radical (unpaired) electrons. The fraction of sp³-hybridized carbons (Fsp3) is 0.444. The highest BCUT2D eigenvalue weighted by molar-refractivity contribution is 5.93. The molecule has 0 aromatic carbocycles. The van der Waals surface area contributed by atoms with Crippen LogP contribution >= 0.6 is 0 Å². The average Bonchev–Trinajstić information content (AvgIpc) is 2.70. The molecule has 0 saturated carbocycles. The maximum Gasteiger partial charge on any atom is 0.326 e. The molecule has 5 N–H and O–H groups in total. The minimum atomic E-state index is -1.43. The first-order valence-corrected chi connectivity index (χ1v) is 9.23. The third kappa shape index (κ3) is 10.5. The highest BCUT2D eigenvalue weighted by atomic mass is 19.1. The number of hydrogen-bond acceptors (Lipinski definition) is 7. The number of unbranched alkanes of at least 4 members (excludes halogenated alkanes) is 1. The molecule has 1 heterocycles. The van der Waals surface area contributed by atoms with Gasteiger partial charge in [0.2, 0.25) is 5.95 Å². The summed E-state index contributed by atoms with van der Waals surface area (Å²) < 4.78 is 17.5. The van der Waals surface area contributed by atoms with Crippen molar-refractivity contribution in [3.8, 4) is 0 Å². The predicted octanol–water partition coefficient (Wildman–Crippen LogP) is 0.237. The first-order chi connectivity index (χ1) is 14.7. The normalized spacial score (nSPS) is 12.2. The fourth-order valence-electron chi connectivity index (χ4n) is 2.38. The number of pyridine rings is 1. The summed E-state index contributed by atoms with van der Waals surface area (Å²) in [6.07, 6.45) is 0.324. The molecule has 0 aliphatic rings. The van der Waals surface area contributed by atoms with E-state index in [-0.39, 0.29) is 31.4 Å². The van der Waals surface area contributed by atoms with Crippen molar-refractivity contribution in [2.24, 2.45) is 0 Å². The largest absolute Gasteiger partial charge is 0.481 e. The van der Waals surface area contributed by atoms with E-state index in [1.54, 1.807) is 0 Å². The van der Waals surface area contributed by atoms with Gasteiger partial charge in [0.25, 0.3) is 12.4 Å². The number of carboxylic acid groups (broad SMARTS) is 2.